The normalized spacial score (nSPS) is 12.0. The van der Waals surface area contributed by atoms with E-state index in [9.17, 15) is 0 Å². The van der Waals surface area contributed by atoms with Crippen LogP contribution in [0, 0.1) is 0 Å². The first-order chi connectivity index (χ1) is 44.4. The van der Waals surface area contributed by atoms with E-state index < -0.39 is 0 Å². The van der Waals surface area contributed by atoms with Crippen molar-refractivity contribution in [3.8, 4) is 74.7 Å². The first-order valence-electron chi connectivity index (χ1n) is 32.8. The molecule has 0 spiro atoms. The van der Waals surface area contributed by atoms with Gasteiger partial charge in [-0.2, -0.15) is 0 Å². The van der Waals surface area contributed by atoms with Crippen LogP contribution >= 0.6 is 0 Å². The molecule has 14 nitrogen and oxygen atoms in total. The van der Waals surface area contributed by atoms with Crippen molar-refractivity contribution in [3.05, 3.63) is 169 Å². The Morgan fingerprint density at radius 2 is 0.385 bits per heavy atom. The quantitative estimate of drug-likeness (QED) is 0.0510. The molecule has 21 rings (SSSR count). The monoisotopic (exact) mass is 1250 g/mol. The molecule has 0 heterocycles. The minimum Gasteiger partial charge on any atom is -0.494 e. The number of halogens is 1. The molecule has 0 atom stereocenters. The van der Waals surface area contributed by atoms with Crippen LogP contribution in [0.1, 0.15) is 168 Å². The van der Waals surface area contributed by atoms with E-state index in [0.29, 0.717) is 163 Å². The summed E-state index contributed by atoms with van der Waals surface area (Å²) in [5, 5.41) is 0. The molecular weight excluding hydrogens is 1160 g/mol. The first kappa shape index (κ1) is 70.3. The Balaban J connectivity index is 0.00000285. The van der Waals surface area contributed by atoms with E-state index in [1.165, 1.54) is 0 Å². The van der Waals surface area contributed by atoms with Gasteiger partial charge in [-0.1, -0.05) is 12.1 Å². The smallest absolute Gasteiger partial charge is 0.175 e. The van der Waals surface area contributed by atoms with Crippen LogP contribution in [-0.2, 0) is 49.7 Å². The van der Waals surface area contributed by atoms with Crippen molar-refractivity contribution in [1.29, 1.82) is 0 Å². The predicted octanol–water partition coefficient (Wildman–Crippen LogP) is 16.8. The zero-order chi connectivity index (χ0) is 65.2. The number of methoxy groups -OCH3 is 1. The maximum Gasteiger partial charge on any atom is 0.175 e. The average Bonchev–Trinajstić information content (AvgIpc) is 1.06. The van der Waals surface area contributed by atoms with E-state index >= 15 is 4.53 Å². The zero-order valence-corrected chi connectivity index (χ0v) is 56.4. The molecule has 0 unspecified atom stereocenters. The number of hydrogen-bond acceptors (Lipinski definition) is 14. The summed E-state index contributed by atoms with van der Waals surface area (Å²) < 4.78 is 97.3. The Hall–Kier alpha value is -8.17. The van der Waals surface area contributed by atoms with Gasteiger partial charge in [-0.3, -0.25) is 4.94 Å². The number of ether oxygens (including phenoxy) is 13. The fourth-order valence-corrected chi connectivity index (χ4v) is 11.4. The molecule has 0 amide bonds. The van der Waals surface area contributed by atoms with Crippen molar-refractivity contribution in [3.63, 3.8) is 0 Å². The summed E-state index contributed by atoms with van der Waals surface area (Å²) in [4.78, 5) is 4.75. The first-order valence-corrected chi connectivity index (χ1v) is 32.8. The standard InChI is InChI=1S/C73H89FO13.C3H8O/c1-13-75-61-28-47-25-26-48(61)29-50-36-65(79-17-5)51(38-64(50)78-16-4)30-52-39-67(81-19-7)53(40-66(52)80-18-6)31-54-41-69(83-21-9)55(42-68(54)82-20-8)32-56-43-71(85-23-11)58(44-70(56)84-22-10)34-60-45-72(86-24-12)59(46-73(60)87-74)33-57-37-62(76-14-2)49(27-47)35-63(57)77-15-3;1-3-4-2/h25-26,28,35-46H,13-24,27,29-34H2,1-12H3;3H2,1-2H3. The van der Waals surface area contributed by atoms with Crippen molar-refractivity contribution in [2.45, 2.75) is 135 Å². The second-order valence-electron chi connectivity index (χ2n) is 21.4. The number of hydrogen-bond donors (Lipinski definition) is 0. The molecule has 0 saturated heterocycles. The van der Waals surface area contributed by atoms with Gasteiger partial charge in [0.1, 0.15) is 69.0 Å². The van der Waals surface area contributed by atoms with Crippen LogP contribution in [0.2, 0.25) is 0 Å². The second kappa shape index (κ2) is 36.0. The maximum absolute atomic E-state index is 15.2. The van der Waals surface area contributed by atoms with Crippen molar-refractivity contribution in [2.75, 3.05) is 93.0 Å². The van der Waals surface area contributed by atoms with Gasteiger partial charge in [0.15, 0.2) is 5.75 Å². The van der Waals surface area contributed by atoms with Gasteiger partial charge in [0.05, 0.1) is 79.3 Å². The van der Waals surface area contributed by atoms with E-state index in [1.54, 1.807) is 13.2 Å². The molecule has 15 heteroatoms. The third-order valence-corrected chi connectivity index (χ3v) is 15.2. The van der Waals surface area contributed by atoms with Crippen molar-refractivity contribution in [1.82, 2.24) is 0 Å². The van der Waals surface area contributed by atoms with Gasteiger partial charge in [-0.15, -0.1) is 0 Å². The Kier molecular flexibility index (Phi) is 27.8. The van der Waals surface area contributed by atoms with E-state index in [1.807, 2.05) is 114 Å². The molecule has 14 aliphatic rings. The lowest BCUT2D eigenvalue weighted by molar-refractivity contribution is -0.00736. The van der Waals surface area contributed by atoms with Gasteiger partial charge in [0.2, 0.25) is 0 Å². The van der Waals surface area contributed by atoms with Crippen molar-refractivity contribution in [2.24, 2.45) is 0 Å². The summed E-state index contributed by atoms with van der Waals surface area (Å²) in [7, 11) is 1.68. The Morgan fingerprint density at radius 1 is 0.220 bits per heavy atom. The SMILES string of the molecule is CCOC.CCOc1cc2c(OCC)cc1Cc1ccc(c(OCC)c1)Cc1cc(OCC)c(cc1OCC)Cc1cc(OCC)c(cc1OCC)Cc1cc(OCC)c(cc1OCC)Cc1cc(OCC)c(cc1OCC)Cc1cc(OCC)c(cc1OF)C2. The van der Waals surface area contributed by atoms with E-state index in [2.05, 4.69) is 65.4 Å². The highest BCUT2D eigenvalue weighted by atomic mass is 19.3. The summed E-state index contributed by atoms with van der Waals surface area (Å²) in [6, 6.07) is 30.7. The molecule has 0 N–H and O–H groups in total. The minimum atomic E-state index is 0.0583. The van der Waals surface area contributed by atoms with E-state index in [0.717, 1.165) is 108 Å². The van der Waals surface area contributed by atoms with Crippen LogP contribution < -0.4 is 61.8 Å². The molecule has 91 heavy (non-hydrogen) atoms. The second-order valence-corrected chi connectivity index (χ2v) is 21.4. The summed E-state index contributed by atoms with van der Waals surface area (Å²) >= 11 is 0. The lowest BCUT2D eigenvalue weighted by Crippen LogP contribution is -2.08. The molecule has 7 aromatic rings. The van der Waals surface area contributed by atoms with Gasteiger partial charge >= 0.3 is 0 Å². The highest BCUT2D eigenvalue weighted by Crippen LogP contribution is 2.44. The number of benzene rings is 7. The van der Waals surface area contributed by atoms with Gasteiger partial charge in [0, 0.05) is 130 Å². The van der Waals surface area contributed by atoms with E-state index in [-0.39, 0.29) is 12.2 Å². The highest BCUT2D eigenvalue weighted by Gasteiger charge is 2.25. The van der Waals surface area contributed by atoms with Crippen molar-refractivity contribution >= 4 is 0 Å². The molecule has 0 aliphatic heterocycles. The number of rotatable bonds is 26. The van der Waals surface area contributed by atoms with Crippen LogP contribution in [0.5, 0.6) is 74.7 Å². The Labute approximate surface area is 540 Å². The molecule has 7 aromatic carbocycles. The molecule has 0 radical (unpaired) electrons. The molecule has 14 aliphatic carbocycles. The summed E-state index contributed by atoms with van der Waals surface area (Å²) in [5.41, 5.74) is 12.4. The lowest BCUT2D eigenvalue weighted by Gasteiger charge is -2.22. The summed E-state index contributed by atoms with van der Waals surface area (Å²) in [6.07, 6.45) is 3.00. The third-order valence-electron chi connectivity index (χ3n) is 15.2. The minimum absolute atomic E-state index is 0.0583. The van der Waals surface area contributed by atoms with Crippen LogP contribution in [0.15, 0.2) is 91.0 Å². The Morgan fingerprint density at radius 3 is 0.571 bits per heavy atom. The topological polar surface area (TPSA) is 129 Å². The molecule has 0 saturated carbocycles. The lowest BCUT2D eigenvalue weighted by atomic mass is 9.93. The van der Waals surface area contributed by atoms with Crippen LogP contribution in [0.3, 0.4) is 0 Å². The summed E-state index contributed by atoms with van der Waals surface area (Å²) in [5.74, 6) is 8.52. The summed E-state index contributed by atoms with van der Waals surface area (Å²) in [6.45, 7) is 31.7. The molecule has 14 bridgehead atoms. The molecular formula is C76H97FO14. The molecule has 0 aromatic heterocycles. The van der Waals surface area contributed by atoms with Gasteiger partial charge in [-0.25, -0.2) is 0 Å². The fourth-order valence-electron chi connectivity index (χ4n) is 11.4. The van der Waals surface area contributed by atoms with E-state index in [4.69, 9.17) is 61.8 Å². The van der Waals surface area contributed by atoms with Crippen LogP contribution in [0.25, 0.3) is 0 Å². The third kappa shape index (κ3) is 18.5. The highest BCUT2D eigenvalue weighted by molar-refractivity contribution is 5.60. The van der Waals surface area contributed by atoms with Crippen LogP contribution in [-0.4, -0.2) is 93.0 Å². The molecule has 492 valence electrons. The van der Waals surface area contributed by atoms with Gasteiger partial charge < -0.3 is 61.6 Å². The molecule has 0 fully saturated rings. The maximum atomic E-state index is 15.2. The largest absolute Gasteiger partial charge is 0.494 e. The Bertz CT molecular complexity index is 3450. The van der Waals surface area contributed by atoms with Crippen molar-refractivity contribution < 1.29 is 71.0 Å². The van der Waals surface area contributed by atoms with Crippen LogP contribution in [0.4, 0.5) is 4.53 Å². The fraction of sp³-hybridized carbons (Fsp3) is 0.447. The van der Waals surface area contributed by atoms with Gasteiger partial charge in [-0.05, 0) is 180 Å². The average molecular weight is 1250 g/mol. The zero-order valence-electron chi connectivity index (χ0n) is 56.4. The van der Waals surface area contributed by atoms with Gasteiger partial charge in [0.25, 0.3) is 0 Å². The predicted molar refractivity (Wildman–Crippen MR) is 358 cm³/mol.